The number of hydrogen-bond donors (Lipinski definition) is 1. The van der Waals surface area contributed by atoms with Crippen LogP contribution in [-0.4, -0.2) is 18.7 Å². The highest BCUT2D eigenvalue weighted by Gasteiger charge is 2.03. The summed E-state index contributed by atoms with van der Waals surface area (Å²) >= 11 is 3.45. The molecule has 0 spiro atoms. The molecule has 0 aliphatic carbocycles. The summed E-state index contributed by atoms with van der Waals surface area (Å²) in [6, 6.07) is 9.39. The zero-order valence-electron chi connectivity index (χ0n) is 12.2. The number of hydrogen-bond acceptors (Lipinski definition) is 4. The molecule has 0 aliphatic heterocycles. The van der Waals surface area contributed by atoms with Gasteiger partial charge in [0.15, 0.2) is 0 Å². The van der Waals surface area contributed by atoms with Gasteiger partial charge in [-0.25, -0.2) is 5.43 Å². The molecule has 0 aliphatic rings. The van der Waals surface area contributed by atoms with Crippen molar-refractivity contribution in [2.24, 2.45) is 5.10 Å². The topological polar surface area (TPSA) is 63.8 Å². The highest BCUT2D eigenvalue weighted by molar-refractivity contribution is 9.10. The molecule has 0 saturated heterocycles. The van der Waals surface area contributed by atoms with Crippen LogP contribution in [0.5, 0.6) is 5.75 Å². The lowest BCUT2D eigenvalue weighted by Crippen LogP contribution is -2.18. The van der Waals surface area contributed by atoms with Gasteiger partial charge in [-0.15, -0.1) is 0 Å². The minimum Gasteiger partial charge on any atom is -0.492 e. The van der Waals surface area contributed by atoms with Crippen molar-refractivity contribution in [3.63, 3.8) is 0 Å². The number of hydrazone groups is 1. The number of nitrogens with zero attached hydrogens (tertiary/aromatic N) is 1. The van der Waals surface area contributed by atoms with E-state index in [2.05, 4.69) is 26.5 Å². The Bertz CT molecular complexity index is 639. The number of amides is 1. The number of carbonyl (C=O) groups is 1. The number of rotatable bonds is 7. The molecule has 2 aromatic rings. The van der Waals surface area contributed by atoms with Gasteiger partial charge in [0.2, 0.25) is 5.91 Å². The highest BCUT2D eigenvalue weighted by Crippen LogP contribution is 2.25. The van der Waals surface area contributed by atoms with Crippen LogP contribution in [0.1, 0.15) is 24.2 Å². The Labute approximate surface area is 137 Å². The van der Waals surface area contributed by atoms with Crippen LogP contribution in [0.4, 0.5) is 0 Å². The first-order valence-corrected chi connectivity index (χ1v) is 7.69. The van der Waals surface area contributed by atoms with Crippen molar-refractivity contribution in [1.29, 1.82) is 0 Å². The summed E-state index contributed by atoms with van der Waals surface area (Å²) in [5.41, 5.74) is 3.60. The third-order valence-corrected chi connectivity index (χ3v) is 3.44. The Morgan fingerprint density at radius 2 is 2.32 bits per heavy atom. The molecule has 5 nitrogen and oxygen atoms in total. The van der Waals surface area contributed by atoms with Crippen LogP contribution in [0.25, 0.3) is 0 Å². The maximum Gasteiger partial charge on any atom is 0.240 e. The van der Waals surface area contributed by atoms with Gasteiger partial charge in [-0.05, 0) is 59.1 Å². The predicted octanol–water partition coefficient (Wildman–Crippen LogP) is 3.66. The van der Waals surface area contributed by atoms with E-state index in [0.29, 0.717) is 25.2 Å². The van der Waals surface area contributed by atoms with Crippen molar-refractivity contribution < 1.29 is 13.9 Å². The van der Waals surface area contributed by atoms with E-state index in [1.54, 1.807) is 18.4 Å². The van der Waals surface area contributed by atoms with Gasteiger partial charge in [0.05, 0.1) is 23.6 Å². The van der Waals surface area contributed by atoms with Crippen molar-refractivity contribution in [3.05, 3.63) is 52.4 Å². The van der Waals surface area contributed by atoms with Crippen LogP contribution in [0.2, 0.25) is 0 Å². The lowest BCUT2D eigenvalue weighted by Gasteiger charge is -2.08. The second kappa shape index (κ2) is 8.38. The first-order chi connectivity index (χ1) is 10.6. The summed E-state index contributed by atoms with van der Waals surface area (Å²) in [5.74, 6) is 1.21. The lowest BCUT2D eigenvalue weighted by molar-refractivity contribution is -0.121. The number of furan rings is 1. The van der Waals surface area contributed by atoms with E-state index in [4.69, 9.17) is 9.15 Å². The van der Waals surface area contributed by atoms with Crippen LogP contribution in [-0.2, 0) is 4.79 Å². The van der Waals surface area contributed by atoms with Crippen LogP contribution in [0.3, 0.4) is 0 Å². The van der Waals surface area contributed by atoms with Gasteiger partial charge in [-0.3, -0.25) is 4.79 Å². The highest BCUT2D eigenvalue weighted by atomic mass is 79.9. The molecule has 0 unspecified atom stereocenters. The fourth-order valence-electron chi connectivity index (χ4n) is 1.73. The van der Waals surface area contributed by atoms with Crippen molar-refractivity contribution in [2.45, 2.75) is 19.8 Å². The predicted molar refractivity (Wildman–Crippen MR) is 88.1 cm³/mol. The molecule has 0 bridgehead atoms. The zero-order valence-corrected chi connectivity index (χ0v) is 13.8. The molecule has 1 N–H and O–H groups in total. The maximum atomic E-state index is 11.6. The molecule has 0 atom stereocenters. The van der Waals surface area contributed by atoms with E-state index in [9.17, 15) is 4.79 Å². The molecular formula is C16H17BrN2O3. The van der Waals surface area contributed by atoms with Crippen molar-refractivity contribution >= 4 is 28.1 Å². The number of aryl methyl sites for hydroxylation is 1. The van der Waals surface area contributed by atoms with E-state index in [1.807, 2.05) is 25.1 Å². The molecule has 0 fully saturated rings. The van der Waals surface area contributed by atoms with E-state index in [-0.39, 0.29) is 5.91 Å². The second-order valence-corrected chi connectivity index (χ2v) is 5.55. The Kier molecular flexibility index (Phi) is 6.21. The number of benzene rings is 1. The summed E-state index contributed by atoms with van der Waals surface area (Å²) in [6.45, 7) is 2.49. The van der Waals surface area contributed by atoms with Crippen molar-refractivity contribution in [1.82, 2.24) is 5.43 Å². The fourth-order valence-corrected chi connectivity index (χ4v) is 2.33. The Balaban J connectivity index is 1.64. The molecule has 1 aromatic carbocycles. The van der Waals surface area contributed by atoms with Gasteiger partial charge in [0.1, 0.15) is 11.5 Å². The largest absolute Gasteiger partial charge is 0.492 e. The van der Waals surface area contributed by atoms with Crippen molar-refractivity contribution in [3.8, 4) is 5.75 Å². The first kappa shape index (κ1) is 16.3. The minimum atomic E-state index is -0.158. The smallest absolute Gasteiger partial charge is 0.240 e. The molecule has 0 radical (unpaired) electrons. The fraction of sp³-hybridized carbons (Fsp3) is 0.250. The van der Waals surface area contributed by atoms with Gasteiger partial charge < -0.3 is 9.15 Å². The molecule has 1 heterocycles. The molecule has 1 aromatic heterocycles. The van der Waals surface area contributed by atoms with E-state index >= 15 is 0 Å². The zero-order chi connectivity index (χ0) is 15.8. The molecular weight excluding hydrogens is 348 g/mol. The molecule has 116 valence electrons. The van der Waals surface area contributed by atoms with E-state index in [0.717, 1.165) is 15.8 Å². The third kappa shape index (κ3) is 5.37. The normalized spacial score (nSPS) is 10.8. The van der Waals surface area contributed by atoms with Crippen LogP contribution < -0.4 is 10.2 Å². The Morgan fingerprint density at radius 1 is 1.45 bits per heavy atom. The average molecular weight is 365 g/mol. The van der Waals surface area contributed by atoms with E-state index in [1.165, 1.54) is 6.21 Å². The Hall–Kier alpha value is -2.08. The van der Waals surface area contributed by atoms with Gasteiger partial charge in [-0.2, -0.15) is 5.10 Å². The monoisotopic (exact) mass is 364 g/mol. The second-order valence-electron chi connectivity index (χ2n) is 4.69. The van der Waals surface area contributed by atoms with Gasteiger partial charge >= 0.3 is 0 Å². The summed E-state index contributed by atoms with van der Waals surface area (Å²) < 4.78 is 11.6. The van der Waals surface area contributed by atoms with Gasteiger partial charge in [0.25, 0.3) is 0 Å². The number of carbonyl (C=O) groups excluding carboxylic acids is 1. The lowest BCUT2D eigenvalue weighted by atomic mass is 10.2. The molecule has 22 heavy (non-hydrogen) atoms. The summed E-state index contributed by atoms with van der Waals surface area (Å²) in [7, 11) is 0. The summed E-state index contributed by atoms with van der Waals surface area (Å²) in [4.78, 5) is 11.6. The molecule has 2 rings (SSSR count). The summed E-state index contributed by atoms with van der Waals surface area (Å²) in [5, 5.41) is 3.81. The van der Waals surface area contributed by atoms with Gasteiger partial charge in [0, 0.05) is 6.42 Å². The van der Waals surface area contributed by atoms with Crippen molar-refractivity contribution in [2.75, 3.05) is 6.61 Å². The average Bonchev–Trinajstić information content (AvgIpc) is 2.99. The van der Waals surface area contributed by atoms with Gasteiger partial charge in [-0.1, -0.05) is 6.07 Å². The standard InChI is InChI=1S/C16H17BrN2O3/c1-12-6-7-15(14(17)10-12)22-9-3-5-16(20)19-18-11-13-4-2-8-21-13/h2,4,6-8,10-11H,3,5,9H2,1H3,(H,19,20)/b18-11+. The van der Waals surface area contributed by atoms with Crippen LogP contribution in [0, 0.1) is 6.92 Å². The number of nitrogens with one attached hydrogen (secondary N) is 1. The summed E-state index contributed by atoms with van der Waals surface area (Å²) in [6.07, 6.45) is 3.96. The molecule has 1 amide bonds. The molecule has 6 heteroatoms. The van der Waals surface area contributed by atoms with Crippen LogP contribution >= 0.6 is 15.9 Å². The maximum absolute atomic E-state index is 11.6. The SMILES string of the molecule is Cc1ccc(OCCCC(=O)N/N=C/c2ccco2)c(Br)c1. The Morgan fingerprint density at radius 3 is 3.05 bits per heavy atom. The molecule has 0 saturated carbocycles. The first-order valence-electron chi connectivity index (χ1n) is 6.89. The number of ether oxygens (including phenoxy) is 1. The minimum absolute atomic E-state index is 0.158. The third-order valence-electron chi connectivity index (χ3n) is 2.82. The van der Waals surface area contributed by atoms with Crippen LogP contribution in [0.15, 0.2) is 50.6 Å². The van der Waals surface area contributed by atoms with E-state index < -0.39 is 0 Å². The quantitative estimate of drug-likeness (QED) is 0.463. The number of halogens is 1.